The largest absolute Gasteiger partial charge is 0.497 e. The summed E-state index contributed by atoms with van der Waals surface area (Å²) in [6.07, 6.45) is 7.25. The molecule has 0 saturated carbocycles. The highest BCUT2D eigenvalue weighted by Crippen LogP contribution is 2.50. The quantitative estimate of drug-likeness (QED) is 0.00895. The van der Waals surface area contributed by atoms with Crippen molar-refractivity contribution in [1.29, 1.82) is 0 Å². The molecule has 0 radical (unpaired) electrons. The van der Waals surface area contributed by atoms with Crippen molar-refractivity contribution in [2.75, 3.05) is 158 Å². The second kappa shape index (κ2) is 62.4. The number of amides is 7. The molecule has 0 aromatic heterocycles. The normalized spacial score (nSPS) is 20.5. The van der Waals surface area contributed by atoms with E-state index >= 15 is 0 Å². The fourth-order valence-corrected chi connectivity index (χ4v) is 16.8. The van der Waals surface area contributed by atoms with Crippen molar-refractivity contribution in [2.24, 2.45) is 10.8 Å². The van der Waals surface area contributed by atoms with Crippen LogP contribution < -0.4 is 46.7 Å². The summed E-state index contributed by atoms with van der Waals surface area (Å²) in [5.41, 5.74) is 0.630. The molecule has 140 heavy (non-hydrogen) atoms. The summed E-state index contributed by atoms with van der Waals surface area (Å²) in [7, 11) is 3.29. The Morgan fingerprint density at radius 1 is 0.421 bits per heavy atom. The summed E-state index contributed by atoms with van der Waals surface area (Å²) in [5, 5.41) is 30.7. The molecule has 778 valence electrons. The van der Waals surface area contributed by atoms with Crippen molar-refractivity contribution in [3.8, 4) is 11.5 Å². The molecular weight excluding hydrogens is 1820 g/mol. The third-order valence-corrected chi connectivity index (χ3v) is 24.2. The van der Waals surface area contributed by atoms with Gasteiger partial charge < -0.3 is 128 Å². The van der Waals surface area contributed by atoms with Crippen molar-refractivity contribution in [3.05, 3.63) is 125 Å². The Labute approximate surface area is 820 Å². The summed E-state index contributed by atoms with van der Waals surface area (Å²) in [6.45, 7) is 15.3. The molecule has 7 amide bonds. The van der Waals surface area contributed by atoms with Gasteiger partial charge in [-0.15, -0.1) is 0 Å². The number of benzene rings is 4. The van der Waals surface area contributed by atoms with E-state index in [-0.39, 0.29) is 134 Å². The Morgan fingerprint density at radius 3 is 1.21 bits per heavy atom. The molecule has 0 spiro atoms. The number of aliphatic hydroxyl groups is 1. The average Bonchev–Trinajstić information content (AvgIpc) is 1.38. The van der Waals surface area contributed by atoms with Gasteiger partial charge in [0, 0.05) is 122 Å². The third kappa shape index (κ3) is 39.9. The topological polar surface area (TPSA) is 486 Å². The molecule has 39 heteroatoms. The van der Waals surface area contributed by atoms with Gasteiger partial charge in [0.15, 0.2) is 37.0 Å². The lowest BCUT2D eigenvalue weighted by atomic mass is 9.68. The van der Waals surface area contributed by atoms with Gasteiger partial charge in [-0.25, -0.2) is 0 Å². The number of aliphatic hydroxyl groups excluding tert-OH is 1. The zero-order chi connectivity index (χ0) is 102. The van der Waals surface area contributed by atoms with Crippen LogP contribution in [0.2, 0.25) is 0 Å². The van der Waals surface area contributed by atoms with Crippen LogP contribution in [0, 0.1) is 10.8 Å². The van der Waals surface area contributed by atoms with E-state index in [0.717, 1.165) is 179 Å². The van der Waals surface area contributed by atoms with Gasteiger partial charge in [-0.05, 0) is 97.9 Å². The molecule has 3 fully saturated rings. The van der Waals surface area contributed by atoms with Crippen molar-refractivity contribution < 1.29 is 148 Å². The fourth-order valence-electron chi connectivity index (χ4n) is 16.8. The predicted molar refractivity (Wildman–Crippen MR) is 510 cm³/mol. The first kappa shape index (κ1) is 116. The summed E-state index contributed by atoms with van der Waals surface area (Å²) in [5.74, 6) is -6.08. The van der Waals surface area contributed by atoms with Gasteiger partial charge >= 0.3 is 35.8 Å². The Kier molecular flexibility index (Phi) is 51.8. The highest BCUT2D eigenvalue weighted by molar-refractivity contribution is 6.03. The second-order valence-electron chi connectivity index (χ2n) is 35.5. The number of rotatable bonds is 66. The molecule has 12 atom stereocenters. The fraction of sp³-hybridized carbons (Fsp3) is 0.634. The number of hydrogen-bond donors (Lipinski definition) is 8. The van der Waals surface area contributed by atoms with E-state index < -0.39 is 156 Å². The molecule has 39 nitrogen and oxygen atoms in total. The van der Waals surface area contributed by atoms with Gasteiger partial charge in [-0.3, -0.25) is 62.3 Å². The van der Waals surface area contributed by atoms with Gasteiger partial charge in [0.2, 0.25) is 29.5 Å². The van der Waals surface area contributed by atoms with Gasteiger partial charge in [-0.1, -0.05) is 145 Å². The number of ether oxygens (including phenoxy) is 17. The number of anilines is 1. The zero-order valence-electron chi connectivity index (χ0n) is 83.2. The lowest BCUT2D eigenvalue weighted by molar-refractivity contribution is -0.279. The first-order chi connectivity index (χ1) is 67.2. The van der Waals surface area contributed by atoms with Crippen LogP contribution in [0.25, 0.3) is 0 Å². The van der Waals surface area contributed by atoms with E-state index in [1.165, 1.54) is 32.0 Å². The highest BCUT2D eigenvalue weighted by atomic mass is 16.7. The maximum Gasteiger partial charge on any atom is 0.303 e. The number of methoxy groups -OCH3 is 2. The Morgan fingerprint density at radius 2 is 0.807 bits per heavy atom. The molecule has 3 heterocycles. The Balaban J connectivity index is 0.770. The van der Waals surface area contributed by atoms with Crippen LogP contribution in [-0.4, -0.2) is 301 Å². The van der Waals surface area contributed by atoms with Gasteiger partial charge in [0.1, 0.15) is 54.6 Å². The average molecular weight is 1970 g/mol. The van der Waals surface area contributed by atoms with Crippen molar-refractivity contribution in [1.82, 2.24) is 36.8 Å². The van der Waals surface area contributed by atoms with Crippen LogP contribution in [0.1, 0.15) is 222 Å². The third-order valence-electron chi connectivity index (χ3n) is 24.2. The van der Waals surface area contributed by atoms with Crippen LogP contribution in [0.4, 0.5) is 5.69 Å². The number of unbranched alkanes of at least 4 members (excludes halogenated alkanes) is 14. The summed E-state index contributed by atoms with van der Waals surface area (Å²) >= 11 is 0. The number of likely N-dealkylation sites (tertiary alicyclic amines) is 1. The van der Waals surface area contributed by atoms with Gasteiger partial charge in [0.05, 0.1) is 100 Å². The maximum atomic E-state index is 13.9. The van der Waals surface area contributed by atoms with Crippen LogP contribution in [0.3, 0.4) is 0 Å². The minimum atomic E-state index is -1.31. The number of hydrogen-bond acceptors (Lipinski definition) is 32. The number of nitrogens with zero attached hydrogens (tertiary/aromatic N) is 1. The lowest BCUT2D eigenvalue weighted by Gasteiger charge is -2.44. The molecule has 3 aliphatic rings. The van der Waals surface area contributed by atoms with Crippen LogP contribution in [-0.2, 0) is 129 Å². The van der Waals surface area contributed by atoms with E-state index in [1.54, 1.807) is 14.2 Å². The molecule has 0 aliphatic carbocycles. The minimum absolute atomic E-state index is 0.00198. The summed E-state index contributed by atoms with van der Waals surface area (Å²) in [6, 6.07) is 27.8. The predicted octanol–water partition coefficient (Wildman–Crippen LogP) is 8.10. The SMILES string of the molecule is COc1ccc(C(OCC2(C)CN(C(=O)CCCCCCCCCNCCCCCCCCCCCC(=O)NCC(=O)Nc3cc(C(=O)NCCOCCOCCOC4O[C@@H](COC(C)=O)[C@@H](OC(C)=O)[C@@H](OC(C)=O)[C@@H]4NC(C)=O)cc(C(=O)NCCOCCOCCOC4O[C@H](COC(C)=O)[C@H](OC(C)=O)[C@H](OC(C)=O)[C@H]4NC(C)=O)c3)CC2(C)CO)(c2ccccc2)c2ccc(OC)cc2)cc1. The van der Waals surface area contributed by atoms with Crippen LogP contribution >= 0.6 is 0 Å². The first-order valence-electron chi connectivity index (χ1n) is 48.4. The van der Waals surface area contributed by atoms with Crippen LogP contribution in [0.15, 0.2) is 97.1 Å². The van der Waals surface area contributed by atoms with Crippen molar-refractivity contribution in [2.45, 2.75) is 252 Å². The van der Waals surface area contributed by atoms with Gasteiger partial charge in [-0.2, -0.15) is 0 Å². The van der Waals surface area contributed by atoms with Crippen molar-refractivity contribution >= 4 is 82.9 Å². The lowest BCUT2D eigenvalue weighted by Crippen LogP contribution is -2.66. The first-order valence-corrected chi connectivity index (χ1v) is 48.4. The van der Waals surface area contributed by atoms with E-state index in [2.05, 4.69) is 63.2 Å². The van der Waals surface area contributed by atoms with E-state index in [1.807, 2.05) is 71.6 Å². The van der Waals surface area contributed by atoms with Crippen molar-refractivity contribution in [3.63, 3.8) is 0 Å². The molecule has 3 aliphatic heterocycles. The maximum absolute atomic E-state index is 13.9. The molecule has 4 unspecified atom stereocenters. The minimum Gasteiger partial charge on any atom is -0.497 e. The Hall–Kier alpha value is -10.9. The monoisotopic (exact) mass is 1970 g/mol. The van der Waals surface area contributed by atoms with E-state index in [4.69, 9.17) is 80.5 Å². The molecule has 8 N–H and O–H groups in total. The molecule has 0 bridgehead atoms. The number of carbonyl (C=O) groups excluding carboxylic acids is 13. The Bertz CT molecular complexity index is 4320. The van der Waals surface area contributed by atoms with Crippen LogP contribution in [0.5, 0.6) is 11.5 Å². The van der Waals surface area contributed by atoms with E-state index in [9.17, 15) is 67.4 Å². The highest BCUT2D eigenvalue weighted by Gasteiger charge is 2.56. The smallest absolute Gasteiger partial charge is 0.303 e. The summed E-state index contributed by atoms with van der Waals surface area (Å²) < 4.78 is 97.2. The molecular formula is C101H148N8O31. The number of esters is 6. The number of carbonyl (C=O) groups is 13. The molecule has 7 rings (SSSR count). The summed E-state index contributed by atoms with van der Waals surface area (Å²) in [4.78, 5) is 167. The van der Waals surface area contributed by atoms with E-state index in [0.29, 0.717) is 25.9 Å². The van der Waals surface area contributed by atoms with Gasteiger partial charge in [0.25, 0.3) is 11.8 Å². The zero-order valence-corrected chi connectivity index (χ0v) is 83.2. The standard InChI is InChI=1S/C101H148N8O31/c1-68(111)106-89-93(137-74(7)117)91(135-72(5)115)84(62-132-70(3)113)139-97(89)130-56-54-128-52-50-126-48-46-103-95(122)76-58-77(96(123)104-47-49-127-51-53-129-55-57-131-98-90(107-69(2)112)94(138-75(8)118)92(136-73(6)116)85(140-98)63-133-71(4)114)60-81(59-76)108-87(120)61-105-86(119)34-28-21-17-14-13-15-19-23-30-44-102-45-31-24-20-16-18-22-29-35-88(121)109-64-99(9,66-110)100(10,65-109)67-134-101(78-32-26-25-27-33-78,79-36-40-82(124-11)41-37-79)80-38-42-83(125-12)43-39-80/h25-27,32-33,36-43,58-60,84-85,89-94,97-98,102,110H,13-24,28-31,34-35,44-57,61-67H2,1-12H3,(H,103,122)(H,104,123)(H,105,119)(H,106,111)(H,107,112)(H,108,120)/t84-,85+,89-,90+,91+,92-,93-,94+,97?,98?,99?,100?. The molecule has 4 aromatic carbocycles. The number of nitrogens with one attached hydrogen (secondary N) is 7. The molecule has 4 aromatic rings. The molecule has 3 saturated heterocycles. The second-order valence-corrected chi connectivity index (χ2v) is 35.5.